The molecule has 1 aromatic rings. The van der Waals surface area contributed by atoms with Crippen LogP contribution in [-0.4, -0.2) is 12.2 Å². The number of nitrogens with two attached hydrogens (primary N) is 1. The van der Waals surface area contributed by atoms with Gasteiger partial charge in [0.1, 0.15) is 0 Å². The molecule has 0 aliphatic rings. The lowest BCUT2D eigenvalue weighted by Crippen LogP contribution is -2.39. The van der Waals surface area contributed by atoms with Gasteiger partial charge >= 0.3 is 6.18 Å². The van der Waals surface area contributed by atoms with E-state index in [2.05, 4.69) is 5.43 Å². The Bertz CT molecular complexity index is 313. The lowest BCUT2D eigenvalue weighted by molar-refractivity contribution is -0.139. The van der Waals surface area contributed by atoms with Crippen LogP contribution in [0.2, 0.25) is 4.34 Å². The molecular weight excluding hydrogens is 249 g/mol. The highest BCUT2D eigenvalue weighted by Gasteiger charge is 2.31. The fourth-order valence-corrected chi connectivity index (χ4v) is 2.34. The Morgan fingerprint density at radius 1 is 1.47 bits per heavy atom. The van der Waals surface area contributed by atoms with Gasteiger partial charge in [0.2, 0.25) is 0 Å². The highest BCUT2D eigenvalue weighted by atomic mass is 35.5. The van der Waals surface area contributed by atoms with E-state index in [1.54, 1.807) is 12.1 Å². The van der Waals surface area contributed by atoms with Crippen molar-refractivity contribution in [3.8, 4) is 0 Å². The zero-order valence-electron chi connectivity index (χ0n) is 7.64. The molecule has 0 aliphatic heterocycles. The molecule has 2 nitrogen and oxygen atoms in total. The van der Waals surface area contributed by atoms with Gasteiger partial charge in [0.25, 0.3) is 0 Å². The molecule has 0 saturated carbocycles. The van der Waals surface area contributed by atoms with Gasteiger partial charge in [-0.2, -0.15) is 13.2 Å². The van der Waals surface area contributed by atoms with Crippen LogP contribution in [0.3, 0.4) is 0 Å². The molecule has 0 saturated heterocycles. The Hall–Kier alpha value is -0.300. The van der Waals surface area contributed by atoms with Crippen LogP contribution in [0.15, 0.2) is 12.1 Å². The summed E-state index contributed by atoms with van der Waals surface area (Å²) in [7, 11) is 0. The zero-order chi connectivity index (χ0) is 11.5. The molecule has 1 rings (SSSR count). The molecule has 1 atom stereocenters. The number of hydrazine groups is 1. The standard InChI is InChI=1S/C8H10ClF3N2S/c9-7-2-1-6(15-7)3-5(14-13)4-8(10,11)12/h1-2,5,14H,3-4,13H2. The van der Waals surface area contributed by atoms with Gasteiger partial charge in [0, 0.05) is 10.9 Å². The first-order valence-corrected chi connectivity index (χ1v) is 5.37. The van der Waals surface area contributed by atoms with Crippen molar-refractivity contribution in [1.29, 1.82) is 0 Å². The van der Waals surface area contributed by atoms with Crippen LogP contribution in [-0.2, 0) is 6.42 Å². The molecule has 15 heavy (non-hydrogen) atoms. The average molecular weight is 259 g/mol. The summed E-state index contributed by atoms with van der Waals surface area (Å²) >= 11 is 6.92. The summed E-state index contributed by atoms with van der Waals surface area (Å²) < 4.78 is 36.8. The fourth-order valence-electron chi connectivity index (χ4n) is 1.17. The van der Waals surface area contributed by atoms with E-state index in [9.17, 15) is 13.2 Å². The third kappa shape index (κ3) is 4.83. The number of hydrogen-bond acceptors (Lipinski definition) is 3. The Morgan fingerprint density at radius 3 is 2.53 bits per heavy atom. The highest BCUT2D eigenvalue weighted by Crippen LogP contribution is 2.26. The second kappa shape index (κ2) is 5.16. The largest absolute Gasteiger partial charge is 0.390 e. The van der Waals surface area contributed by atoms with Crippen LogP contribution in [0.4, 0.5) is 13.2 Å². The number of hydrogen-bond donors (Lipinski definition) is 2. The van der Waals surface area contributed by atoms with Crippen LogP contribution in [0.25, 0.3) is 0 Å². The maximum Gasteiger partial charge on any atom is 0.390 e. The zero-order valence-corrected chi connectivity index (χ0v) is 9.22. The van der Waals surface area contributed by atoms with Crippen molar-refractivity contribution in [2.45, 2.75) is 25.1 Å². The minimum Gasteiger partial charge on any atom is -0.271 e. The number of rotatable bonds is 4. The number of halogens is 4. The van der Waals surface area contributed by atoms with Crippen LogP contribution >= 0.6 is 22.9 Å². The second-order valence-electron chi connectivity index (χ2n) is 3.09. The summed E-state index contributed by atoms with van der Waals surface area (Å²) in [6.07, 6.45) is -4.93. The summed E-state index contributed by atoms with van der Waals surface area (Å²) in [5, 5.41) is 0. The first kappa shape index (κ1) is 12.8. The van der Waals surface area contributed by atoms with Crippen LogP contribution < -0.4 is 11.3 Å². The Balaban J connectivity index is 2.54. The van der Waals surface area contributed by atoms with Crippen molar-refractivity contribution in [2.24, 2.45) is 5.84 Å². The van der Waals surface area contributed by atoms with Gasteiger partial charge in [-0.3, -0.25) is 11.3 Å². The van der Waals surface area contributed by atoms with Gasteiger partial charge < -0.3 is 0 Å². The van der Waals surface area contributed by atoms with E-state index >= 15 is 0 Å². The van der Waals surface area contributed by atoms with E-state index in [1.807, 2.05) is 0 Å². The van der Waals surface area contributed by atoms with E-state index in [4.69, 9.17) is 17.4 Å². The molecule has 86 valence electrons. The predicted molar refractivity (Wildman–Crippen MR) is 54.8 cm³/mol. The second-order valence-corrected chi connectivity index (χ2v) is 4.89. The minimum atomic E-state index is -4.21. The smallest absolute Gasteiger partial charge is 0.271 e. The number of thiophene rings is 1. The molecule has 0 fully saturated rings. The Labute approximate surface area is 94.2 Å². The topological polar surface area (TPSA) is 38.0 Å². The molecule has 1 heterocycles. The maximum absolute atomic E-state index is 12.1. The molecule has 0 aromatic carbocycles. The first-order chi connectivity index (χ1) is 6.90. The summed E-state index contributed by atoms with van der Waals surface area (Å²) in [6.45, 7) is 0. The molecule has 0 amide bonds. The Morgan fingerprint density at radius 2 is 2.13 bits per heavy atom. The van der Waals surface area contributed by atoms with Gasteiger partial charge in [-0.15, -0.1) is 11.3 Å². The molecule has 7 heteroatoms. The molecule has 0 spiro atoms. The monoisotopic (exact) mass is 258 g/mol. The van der Waals surface area contributed by atoms with E-state index < -0.39 is 18.6 Å². The van der Waals surface area contributed by atoms with Crippen molar-refractivity contribution in [2.75, 3.05) is 0 Å². The Kier molecular flexibility index (Phi) is 4.39. The molecule has 0 radical (unpaired) electrons. The van der Waals surface area contributed by atoms with Crippen molar-refractivity contribution >= 4 is 22.9 Å². The van der Waals surface area contributed by atoms with Crippen molar-refractivity contribution < 1.29 is 13.2 Å². The lowest BCUT2D eigenvalue weighted by Gasteiger charge is -2.16. The maximum atomic E-state index is 12.1. The summed E-state index contributed by atoms with van der Waals surface area (Å²) in [4.78, 5) is 0.784. The van der Waals surface area contributed by atoms with Crippen molar-refractivity contribution in [3.63, 3.8) is 0 Å². The molecule has 0 bridgehead atoms. The minimum absolute atomic E-state index is 0.230. The lowest BCUT2D eigenvalue weighted by atomic mass is 10.1. The molecule has 3 N–H and O–H groups in total. The van der Waals surface area contributed by atoms with Gasteiger partial charge in [0.05, 0.1) is 10.8 Å². The molecule has 1 unspecified atom stereocenters. The van der Waals surface area contributed by atoms with Gasteiger partial charge in [-0.25, -0.2) is 0 Å². The van der Waals surface area contributed by atoms with Crippen LogP contribution in [0.5, 0.6) is 0 Å². The number of nitrogens with one attached hydrogen (secondary N) is 1. The van der Waals surface area contributed by atoms with Crippen molar-refractivity contribution in [1.82, 2.24) is 5.43 Å². The van der Waals surface area contributed by atoms with Crippen molar-refractivity contribution in [3.05, 3.63) is 21.3 Å². The fraction of sp³-hybridized carbons (Fsp3) is 0.500. The normalized spacial score (nSPS) is 14.2. The van der Waals surface area contributed by atoms with Crippen LogP contribution in [0.1, 0.15) is 11.3 Å². The van der Waals surface area contributed by atoms with E-state index in [0.29, 0.717) is 4.34 Å². The third-order valence-electron chi connectivity index (χ3n) is 1.79. The van der Waals surface area contributed by atoms with Gasteiger partial charge in [-0.1, -0.05) is 11.6 Å². The first-order valence-electron chi connectivity index (χ1n) is 4.18. The van der Waals surface area contributed by atoms with Gasteiger partial charge in [-0.05, 0) is 18.6 Å². The highest BCUT2D eigenvalue weighted by molar-refractivity contribution is 7.16. The SMILES string of the molecule is NNC(Cc1ccc(Cl)s1)CC(F)(F)F. The van der Waals surface area contributed by atoms with E-state index in [0.717, 1.165) is 4.88 Å². The van der Waals surface area contributed by atoms with E-state index in [-0.39, 0.29) is 6.42 Å². The van der Waals surface area contributed by atoms with Crippen LogP contribution in [0, 0.1) is 0 Å². The molecule has 1 aromatic heterocycles. The van der Waals surface area contributed by atoms with Gasteiger partial charge in [0.15, 0.2) is 0 Å². The molecule has 0 aliphatic carbocycles. The average Bonchev–Trinajstić information content (AvgIpc) is 2.47. The third-order valence-corrected chi connectivity index (χ3v) is 3.04. The quantitative estimate of drug-likeness (QED) is 0.644. The summed E-state index contributed by atoms with van der Waals surface area (Å²) in [6, 6.07) is 2.55. The molecular formula is C8H10ClF3N2S. The predicted octanol–water partition coefficient (Wildman–Crippen LogP) is 2.73. The van der Waals surface area contributed by atoms with E-state index in [1.165, 1.54) is 11.3 Å². The summed E-state index contributed by atoms with van der Waals surface area (Å²) in [5.41, 5.74) is 2.16. The summed E-state index contributed by atoms with van der Waals surface area (Å²) in [5.74, 6) is 5.06. The number of alkyl halides is 3.